The van der Waals surface area contributed by atoms with Crippen molar-refractivity contribution in [3.63, 3.8) is 0 Å². The molecule has 0 aromatic rings. The summed E-state index contributed by atoms with van der Waals surface area (Å²) < 4.78 is 5.24. The highest BCUT2D eigenvalue weighted by Crippen LogP contribution is 2.21. The largest absolute Gasteiger partial charge is 0.381 e. The summed E-state index contributed by atoms with van der Waals surface area (Å²) in [7, 11) is 0. The smallest absolute Gasteiger partial charge is 0.226 e. The van der Waals surface area contributed by atoms with E-state index in [1.807, 2.05) is 16.7 Å². The highest BCUT2D eigenvalue weighted by atomic mass is 32.2. The minimum absolute atomic E-state index is 0.243. The molecule has 2 heterocycles. The Morgan fingerprint density at radius 1 is 1.38 bits per heavy atom. The average Bonchev–Trinajstić information content (AvgIpc) is 2.71. The zero-order chi connectivity index (χ0) is 9.10. The molecule has 2 fully saturated rings. The first-order valence-electron chi connectivity index (χ1n) is 4.82. The third-order valence-electron chi connectivity index (χ3n) is 2.63. The second-order valence-corrected chi connectivity index (χ2v) is 4.60. The lowest BCUT2D eigenvalue weighted by molar-refractivity contribution is -0.136. The molecule has 0 bridgehead atoms. The van der Waals surface area contributed by atoms with Gasteiger partial charge in [0, 0.05) is 31.4 Å². The van der Waals surface area contributed by atoms with Crippen molar-refractivity contribution in [2.24, 2.45) is 5.92 Å². The molecular formula is C9H15NO2S. The molecule has 2 aliphatic rings. The molecule has 74 valence electrons. The summed E-state index contributed by atoms with van der Waals surface area (Å²) in [5, 5.41) is 0. The third kappa shape index (κ3) is 2.17. The normalized spacial score (nSPS) is 25.1. The van der Waals surface area contributed by atoms with Crippen molar-refractivity contribution in [1.82, 2.24) is 4.90 Å². The van der Waals surface area contributed by atoms with Crippen LogP contribution < -0.4 is 0 Å². The van der Waals surface area contributed by atoms with E-state index in [0.29, 0.717) is 5.91 Å². The SMILES string of the molecule is O=C(C1CCOCC1)N1CCSC1. The van der Waals surface area contributed by atoms with Gasteiger partial charge in [-0.1, -0.05) is 0 Å². The zero-order valence-electron chi connectivity index (χ0n) is 7.70. The number of amides is 1. The fourth-order valence-electron chi connectivity index (χ4n) is 1.79. The van der Waals surface area contributed by atoms with Gasteiger partial charge in [-0.3, -0.25) is 4.79 Å². The molecule has 4 heteroatoms. The molecule has 0 spiro atoms. The molecule has 0 aliphatic carbocycles. The van der Waals surface area contributed by atoms with Gasteiger partial charge in [-0.25, -0.2) is 0 Å². The molecule has 0 saturated carbocycles. The summed E-state index contributed by atoms with van der Waals surface area (Å²) in [6, 6.07) is 0. The van der Waals surface area contributed by atoms with Crippen LogP contribution in [-0.4, -0.2) is 42.2 Å². The second kappa shape index (κ2) is 4.33. The van der Waals surface area contributed by atoms with Crippen molar-refractivity contribution < 1.29 is 9.53 Å². The van der Waals surface area contributed by atoms with Crippen LogP contribution in [0.5, 0.6) is 0 Å². The van der Waals surface area contributed by atoms with Crippen LogP contribution in [0.4, 0.5) is 0 Å². The van der Waals surface area contributed by atoms with Gasteiger partial charge in [-0.05, 0) is 12.8 Å². The summed E-state index contributed by atoms with van der Waals surface area (Å²) in [6.45, 7) is 2.47. The van der Waals surface area contributed by atoms with E-state index in [1.165, 1.54) is 0 Å². The van der Waals surface area contributed by atoms with Gasteiger partial charge in [0.2, 0.25) is 5.91 Å². The van der Waals surface area contributed by atoms with E-state index in [1.54, 1.807) is 0 Å². The van der Waals surface area contributed by atoms with Crippen LogP contribution in [0.25, 0.3) is 0 Å². The van der Waals surface area contributed by atoms with Gasteiger partial charge < -0.3 is 9.64 Å². The fourth-order valence-corrected chi connectivity index (χ4v) is 2.75. The van der Waals surface area contributed by atoms with Crippen LogP contribution in [0.1, 0.15) is 12.8 Å². The molecule has 13 heavy (non-hydrogen) atoms. The predicted molar refractivity (Wildman–Crippen MR) is 52.6 cm³/mol. The van der Waals surface area contributed by atoms with Gasteiger partial charge in [-0.15, -0.1) is 11.8 Å². The molecule has 0 N–H and O–H groups in total. The van der Waals surface area contributed by atoms with E-state index in [9.17, 15) is 4.79 Å². The Morgan fingerprint density at radius 2 is 2.15 bits per heavy atom. The minimum Gasteiger partial charge on any atom is -0.381 e. The van der Waals surface area contributed by atoms with E-state index < -0.39 is 0 Å². The molecule has 2 rings (SSSR count). The van der Waals surface area contributed by atoms with Gasteiger partial charge in [0.25, 0.3) is 0 Å². The van der Waals surface area contributed by atoms with Crippen molar-refractivity contribution in [2.75, 3.05) is 31.4 Å². The molecule has 0 unspecified atom stereocenters. The first-order valence-corrected chi connectivity index (χ1v) is 5.97. The number of hydrogen-bond donors (Lipinski definition) is 0. The Balaban J connectivity index is 1.87. The first-order chi connectivity index (χ1) is 6.38. The van der Waals surface area contributed by atoms with Crippen molar-refractivity contribution >= 4 is 17.7 Å². The Labute approximate surface area is 82.8 Å². The van der Waals surface area contributed by atoms with E-state index in [2.05, 4.69) is 0 Å². The minimum atomic E-state index is 0.243. The van der Waals surface area contributed by atoms with Gasteiger partial charge in [-0.2, -0.15) is 0 Å². The third-order valence-corrected chi connectivity index (χ3v) is 3.60. The van der Waals surface area contributed by atoms with E-state index in [4.69, 9.17) is 4.74 Å². The van der Waals surface area contributed by atoms with Crippen molar-refractivity contribution in [2.45, 2.75) is 12.8 Å². The summed E-state index contributed by atoms with van der Waals surface area (Å²) >= 11 is 1.85. The summed E-state index contributed by atoms with van der Waals surface area (Å²) in [5.74, 6) is 2.60. The molecule has 1 amide bonds. The van der Waals surface area contributed by atoms with Gasteiger partial charge in [0.15, 0.2) is 0 Å². The molecule has 2 saturated heterocycles. The topological polar surface area (TPSA) is 29.5 Å². The van der Waals surface area contributed by atoms with Gasteiger partial charge in [0.05, 0.1) is 5.88 Å². The quantitative estimate of drug-likeness (QED) is 0.632. The number of ether oxygens (including phenoxy) is 1. The maximum atomic E-state index is 11.9. The monoisotopic (exact) mass is 201 g/mol. The van der Waals surface area contributed by atoms with Crippen molar-refractivity contribution in [3.05, 3.63) is 0 Å². The number of nitrogens with zero attached hydrogens (tertiary/aromatic N) is 1. The number of thioether (sulfide) groups is 1. The molecule has 0 aromatic heterocycles. The average molecular weight is 201 g/mol. The van der Waals surface area contributed by atoms with E-state index >= 15 is 0 Å². The molecule has 0 radical (unpaired) electrons. The number of carbonyl (C=O) groups is 1. The van der Waals surface area contributed by atoms with Crippen LogP contribution in [0.15, 0.2) is 0 Å². The lowest BCUT2D eigenvalue weighted by Crippen LogP contribution is -2.36. The summed E-state index contributed by atoms with van der Waals surface area (Å²) in [4.78, 5) is 13.8. The highest BCUT2D eigenvalue weighted by Gasteiger charge is 2.27. The maximum absolute atomic E-state index is 11.9. The molecular weight excluding hydrogens is 186 g/mol. The van der Waals surface area contributed by atoms with E-state index in [-0.39, 0.29) is 5.92 Å². The van der Waals surface area contributed by atoms with E-state index in [0.717, 1.165) is 44.2 Å². The van der Waals surface area contributed by atoms with Crippen molar-refractivity contribution in [3.8, 4) is 0 Å². The lowest BCUT2D eigenvalue weighted by Gasteiger charge is -2.25. The highest BCUT2D eigenvalue weighted by molar-refractivity contribution is 7.99. The number of rotatable bonds is 1. The number of hydrogen-bond acceptors (Lipinski definition) is 3. The lowest BCUT2D eigenvalue weighted by atomic mass is 9.99. The van der Waals surface area contributed by atoms with Crippen molar-refractivity contribution in [1.29, 1.82) is 0 Å². The Hall–Kier alpha value is -0.220. The fraction of sp³-hybridized carbons (Fsp3) is 0.889. The second-order valence-electron chi connectivity index (χ2n) is 3.53. The predicted octanol–water partition coefficient (Wildman–Crippen LogP) is 0.946. The summed E-state index contributed by atoms with van der Waals surface area (Å²) in [5.41, 5.74) is 0. The molecule has 3 nitrogen and oxygen atoms in total. The molecule has 2 aliphatic heterocycles. The standard InChI is InChI=1S/C9H15NO2S/c11-9(10-3-6-13-7-10)8-1-4-12-5-2-8/h8H,1-7H2. The first kappa shape index (κ1) is 9.34. The Bertz CT molecular complexity index is 186. The molecule has 0 atom stereocenters. The zero-order valence-corrected chi connectivity index (χ0v) is 8.52. The Kier molecular flexibility index (Phi) is 3.11. The van der Waals surface area contributed by atoms with Crippen LogP contribution >= 0.6 is 11.8 Å². The number of carbonyl (C=O) groups excluding carboxylic acids is 1. The molecule has 0 aromatic carbocycles. The van der Waals surface area contributed by atoms with Gasteiger partial charge in [0.1, 0.15) is 0 Å². The van der Waals surface area contributed by atoms with Crippen LogP contribution in [0.3, 0.4) is 0 Å². The van der Waals surface area contributed by atoms with Crippen LogP contribution in [0.2, 0.25) is 0 Å². The van der Waals surface area contributed by atoms with Crippen LogP contribution in [-0.2, 0) is 9.53 Å². The summed E-state index contributed by atoms with van der Waals surface area (Å²) in [6.07, 6.45) is 1.83. The maximum Gasteiger partial charge on any atom is 0.226 e. The van der Waals surface area contributed by atoms with Gasteiger partial charge >= 0.3 is 0 Å². The van der Waals surface area contributed by atoms with Crippen LogP contribution in [0, 0.1) is 5.92 Å². The Morgan fingerprint density at radius 3 is 2.77 bits per heavy atom.